The minimum absolute atomic E-state index is 0.137. The van der Waals surface area contributed by atoms with Crippen molar-refractivity contribution < 1.29 is 28.8 Å². The van der Waals surface area contributed by atoms with Gasteiger partial charge in [-0.25, -0.2) is 0 Å². The molecular weight excluding hydrogens is 625 g/mol. The van der Waals surface area contributed by atoms with Crippen molar-refractivity contribution in [2.24, 2.45) is 0 Å². The molecule has 9 heteroatoms. The second-order valence-electron chi connectivity index (χ2n) is 11.7. The first-order valence-corrected chi connectivity index (χ1v) is 17.0. The van der Waals surface area contributed by atoms with Crippen LogP contribution in [0.2, 0.25) is 0 Å². The van der Waals surface area contributed by atoms with Gasteiger partial charge in [-0.15, -0.1) is 0 Å². The minimum Gasteiger partial charge on any atom is -0.396 e. The number of benzene rings is 4. The van der Waals surface area contributed by atoms with Crippen LogP contribution in [0.3, 0.4) is 0 Å². The summed E-state index contributed by atoms with van der Waals surface area (Å²) in [5.41, 5.74) is 4.17. The van der Waals surface area contributed by atoms with E-state index in [0.717, 1.165) is 28.7 Å². The summed E-state index contributed by atoms with van der Waals surface area (Å²) in [5.74, 6) is 0. The summed E-state index contributed by atoms with van der Waals surface area (Å²) >= 11 is 5.71. The molecule has 5 atom stereocenters. The predicted octanol–water partition coefficient (Wildman–Crippen LogP) is 5.92. The average Bonchev–Trinajstić information content (AvgIpc) is 3.13. The van der Waals surface area contributed by atoms with Gasteiger partial charge < -0.3 is 39.4 Å². The van der Waals surface area contributed by atoms with Crippen molar-refractivity contribution in [2.75, 3.05) is 19.8 Å². The molecule has 3 N–H and O–H groups in total. The summed E-state index contributed by atoms with van der Waals surface area (Å²) < 4.78 is 33.2. The van der Waals surface area contributed by atoms with Crippen LogP contribution in [0.15, 0.2) is 121 Å². The Balaban J connectivity index is 1.42. The van der Waals surface area contributed by atoms with E-state index in [0.29, 0.717) is 44.5 Å². The highest BCUT2D eigenvalue weighted by atomic mass is 32.1. The fraction of sp³-hybridized carbons (Fsp3) is 0.359. The zero-order chi connectivity index (χ0) is 33.2. The van der Waals surface area contributed by atoms with Crippen LogP contribution in [0.1, 0.15) is 35.1 Å². The number of hydrogen-bond donors (Lipinski definition) is 3. The Morgan fingerprint density at radius 1 is 0.604 bits per heavy atom. The highest BCUT2D eigenvalue weighted by Gasteiger charge is 2.48. The molecule has 4 aromatic carbocycles. The summed E-state index contributed by atoms with van der Waals surface area (Å²) in [4.78, 5) is 0. The summed E-state index contributed by atoms with van der Waals surface area (Å²) in [7, 11) is 0. The summed E-state index contributed by atoms with van der Waals surface area (Å²) in [6, 6.07) is 40.2. The second kappa shape index (κ2) is 20.0. The van der Waals surface area contributed by atoms with Crippen LogP contribution >= 0.6 is 12.2 Å². The molecule has 254 valence electrons. The van der Waals surface area contributed by atoms with Gasteiger partial charge in [0.2, 0.25) is 0 Å². The number of ether oxygens (including phenoxy) is 5. The monoisotopic (exact) mass is 670 g/mol. The van der Waals surface area contributed by atoms with Gasteiger partial charge in [0.05, 0.1) is 33.0 Å². The van der Waals surface area contributed by atoms with E-state index in [1.165, 1.54) is 0 Å². The third-order valence-electron chi connectivity index (χ3n) is 8.03. The zero-order valence-corrected chi connectivity index (χ0v) is 28.0. The highest BCUT2D eigenvalue weighted by molar-refractivity contribution is 7.80. The molecule has 48 heavy (non-hydrogen) atoms. The first-order chi connectivity index (χ1) is 23.7. The third-order valence-corrected chi connectivity index (χ3v) is 8.29. The van der Waals surface area contributed by atoms with Gasteiger partial charge in [0.15, 0.2) is 11.3 Å². The molecule has 5 rings (SSSR count). The Morgan fingerprint density at radius 3 is 1.56 bits per heavy atom. The molecule has 0 radical (unpaired) electrons. The smallest absolute Gasteiger partial charge is 0.168 e. The lowest BCUT2D eigenvalue weighted by atomic mass is 9.97. The van der Waals surface area contributed by atoms with E-state index in [-0.39, 0.29) is 13.2 Å². The van der Waals surface area contributed by atoms with Crippen LogP contribution in [-0.4, -0.2) is 60.6 Å². The maximum Gasteiger partial charge on any atom is 0.168 e. The molecule has 0 aromatic heterocycles. The van der Waals surface area contributed by atoms with Gasteiger partial charge in [-0.1, -0.05) is 121 Å². The topological polar surface area (TPSA) is 90.4 Å². The molecule has 0 saturated carbocycles. The minimum atomic E-state index is -0.672. The largest absolute Gasteiger partial charge is 0.396 e. The van der Waals surface area contributed by atoms with Crippen LogP contribution in [0, 0.1) is 0 Å². The van der Waals surface area contributed by atoms with E-state index in [1.807, 2.05) is 121 Å². The van der Waals surface area contributed by atoms with Crippen LogP contribution in [0.4, 0.5) is 0 Å². The van der Waals surface area contributed by atoms with Crippen molar-refractivity contribution in [3.63, 3.8) is 0 Å². The third kappa shape index (κ3) is 11.5. The molecule has 1 fully saturated rings. The van der Waals surface area contributed by atoms with Crippen molar-refractivity contribution in [1.82, 2.24) is 10.6 Å². The van der Waals surface area contributed by atoms with Gasteiger partial charge >= 0.3 is 0 Å². The molecule has 0 amide bonds. The fourth-order valence-corrected chi connectivity index (χ4v) is 5.74. The van der Waals surface area contributed by atoms with Gasteiger partial charge in [-0.3, -0.25) is 0 Å². The van der Waals surface area contributed by atoms with E-state index >= 15 is 0 Å². The molecule has 1 heterocycles. The molecule has 1 aliphatic heterocycles. The van der Waals surface area contributed by atoms with Crippen molar-refractivity contribution in [3.8, 4) is 0 Å². The first-order valence-electron chi connectivity index (χ1n) is 16.6. The Morgan fingerprint density at radius 2 is 1.06 bits per heavy atom. The van der Waals surface area contributed by atoms with Crippen LogP contribution in [0.25, 0.3) is 0 Å². The zero-order valence-electron chi connectivity index (χ0n) is 27.2. The quantitative estimate of drug-likeness (QED) is 0.0882. The Kier molecular flexibility index (Phi) is 14.8. The number of aliphatic hydroxyl groups excluding tert-OH is 1. The Labute approximate surface area is 289 Å². The van der Waals surface area contributed by atoms with E-state index in [9.17, 15) is 5.11 Å². The number of unbranched alkanes of at least 4 members (excludes halogenated alkanes) is 1. The van der Waals surface area contributed by atoms with Crippen molar-refractivity contribution in [1.29, 1.82) is 0 Å². The highest BCUT2D eigenvalue weighted by Crippen LogP contribution is 2.30. The van der Waals surface area contributed by atoms with Crippen molar-refractivity contribution in [3.05, 3.63) is 144 Å². The van der Waals surface area contributed by atoms with Gasteiger partial charge in [-0.2, -0.15) is 0 Å². The van der Waals surface area contributed by atoms with E-state index < -0.39 is 30.6 Å². The average molecular weight is 671 g/mol. The molecule has 1 saturated heterocycles. The number of hydrogen-bond acceptors (Lipinski definition) is 7. The van der Waals surface area contributed by atoms with Gasteiger partial charge in [0, 0.05) is 13.2 Å². The molecule has 0 aliphatic carbocycles. The molecule has 0 bridgehead atoms. The lowest BCUT2D eigenvalue weighted by molar-refractivity contribution is -0.275. The standard InChI is InChI=1S/C39H46N2O6S/c42-24-14-13-23-40-39(48)41-38-37(46-28-33-21-11-4-12-22-33)36(45-27-32-19-9-3-10-20-32)35(44-26-31-17-7-2-8-18-31)34(47-38)29-43-25-30-15-5-1-6-16-30/h1-12,15-22,34-38,42H,13-14,23-29H2,(H2,40,41,48)/t34-,35-,36+,37-,38+/m1/s1. The summed E-state index contributed by atoms with van der Waals surface area (Å²) in [6.07, 6.45) is -1.39. The number of aliphatic hydroxyl groups is 1. The normalized spacial score (nSPS) is 20.6. The second-order valence-corrected chi connectivity index (χ2v) is 12.1. The predicted molar refractivity (Wildman–Crippen MR) is 190 cm³/mol. The van der Waals surface area contributed by atoms with E-state index in [4.69, 9.17) is 35.9 Å². The molecule has 4 aromatic rings. The van der Waals surface area contributed by atoms with Gasteiger partial charge in [0.25, 0.3) is 0 Å². The van der Waals surface area contributed by atoms with Crippen LogP contribution in [0.5, 0.6) is 0 Å². The maximum absolute atomic E-state index is 9.21. The van der Waals surface area contributed by atoms with Crippen molar-refractivity contribution >= 4 is 17.3 Å². The van der Waals surface area contributed by atoms with Gasteiger partial charge in [-0.05, 0) is 47.3 Å². The molecular formula is C39H46N2O6S. The van der Waals surface area contributed by atoms with E-state index in [1.54, 1.807) is 0 Å². The summed E-state index contributed by atoms with van der Waals surface area (Å²) in [6.45, 7) is 2.51. The molecule has 0 spiro atoms. The number of nitrogens with one attached hydrogen (secondary N) is 2. The first kappa shape index (κ1) is 35.6. The molecule has 1 aliphatic rings. The number of rotatable bonds is 18. The van der Waals surface area contributed by atoms with Gasteiger partial charge in [0.1, 0.15) is 24.4 Å². The summed E-state index contributed by atoms with van der Waals surface area (Å²) in [5, 5.41) is 16.2. The van der Waals surface area contributed by atoms with Crippen LogP contribution in [-0.2, 0) is 50.1 Å². The van der Waals surface area contributed by atoms with E-state index in [2.05, 4.69) is 10.6 Å². The maximum atomic E-state index is 9.21. The lowest BCUT2D eigenvalue weighted by Crippen LogP contribution is -2.66. The lowest BCUT2D eigenvalue weighted by Gasteiger charge is -2.46. The Bertz CT molecular complexity index is 1450. The van der Waals surface area contributed by atoms with Crippen LogP contribution < -0.4 is 10.6 Å². The number of thiocarbonyl (C=S) groups is 1. The van der Waals surface area contributed by atoms with Crippen molar-refractivity contribution in [2.45, 2.75) is 69.9 Å². The SMILES string of the molecule is OCCCCNC(=S)N[C@H]1O[C@H](COCc2ccccc2)[C@@H](OCc2ccccc2)[C@H](OCc2ccccc2)[C@H]1OCc1ccccc1. The molecule has 8 nitrogen and oxygen atoms in total. The Hall–Kier alpha value is -3.67. The fourth-order valence-electron chi connectivity index (χ4n) is 5.52. The molecule has 0 unspecified atom stereocenters.